The number of thioether (sulfide) groups is 1. The van der Waals surface area contributed by atoms with Crippen LogP contribution in [0.15, 0.2) is 89.8 Å². The summed E-state index contributed by atoms with van der Waals surface area (Å²) >= 11 is 1.36. The highest BCUT2D eigenvalue weighted by atomic mass is 32.2. The Morgan fingerprint density at radius 1 is 0.867 bits per heavy atom. The van der Waals surface area contributed by atoms with Crippen molar-refractivity contribution in [2.45, 2.75) is 4.90 Å². The quantitative estimate of drug-likeness (QED) is 0.361. The van der Waals surface area contributed by atoms with Crippen LogP contribution in [0.5, 0.6) is 0 Å². The van der Waals surface area contributed by atoms with Crippen molar-refractivity contribution in [1.29, 1.82) is 0 Å². The molecule has 148 valence electrons. The number of amides is 3. The molecular weight excluding hydrogens is 396 g/mol. The fourth-order valence-electron chi connectivity index (χ4n) is 3.08. The van der Waals surface area contributed by atoms with Crippen molar-refractivity contribution in [3.05, 3.63) is 102 Å². The van der Waals surface area contributed by atoms with E-state index in [2.05, 4.69) is 5.32 Å². The van der Waals surface area contributed by atoms with Gasteiger partial charge in [-0.2, -0.15) is 0 Å². The third-order valence-corrected chi connectivity index (χ3v) is 5.54. The predicted octanol–water partition coefficient (Wildman–Crippen LogP) is 4.68. The zero-order chi connectivity index (χ0) is 20.9. The molecule has 0 fully saturated rings. The van der Waals surface area contributed by atoms with Gasteiger partial charge in [-0.25, -0.2) is 0 Å². The van der Waals surface area contributed by atoms with E-state index in [-0.39, 0.29) is 23.6 Å². The maximum atomic E-state index is 12.5. The molecule has 3 amide bonds. The van der Waals surface area contributed by atoms with E-state index in [9.17, 15) is 14.4 Å². The second-order valence-corrected chi connectivity index (χ2v) is 7.64. The van der Waals surface area contributed by atoms with Gasteiger partial charge in [0, 0.05) is 16.7 Å². The van der Waals surface area contributed by atoms with Gasteiger partial charge in [-0.15, -0.1) is 11.8 Å². The topological polar surface area (TPSA) is 66.5 Å². The smallest absolute Gasteiger partial charge is 0.262 e. The lowest BCUT2D eigenvalue weighted by molar-refractivity contribution is -0.111. The molecule has 0 aromatic heterocycles. The van der Waals surface area contributed by atoms with Crippen LogP contribution in [-0.4, -0.2) is 28.5 Å². The summed E-state index contributed by atoms with van der Waals surface area (Å²) in [6, 6.07) is 23.7. The lowest BCUT2D eigenvalue weighted by Crippen LogP contribution is -2.29. The standard InChI is InChI=1S/C24H18N2O3S/c27-22(14-13-17-7-2-1-3-8-17)25-18-9-6-10-19(15-18)30-16-26-23(28)20-11-4-5-12-21(20)24(26)29/h1-15H,16H2,(H,25,27)/b14-13+. The minimum absolute atomic E-state index is 0.206. The summed E-state index contributed by atoms with van der Waals surface area (Å²) in [7, 11) is 0. The number of hydrogen-bond acceptors (Lipinski definition) is 4. The van der Waals surface area contributed by atoms with Crippen LogP contribution in [0.3, 0.4) is 0 Å². The van der Waals surface area contributed by atoms with Gasteiger partial charge in [0.2, 0.25) is 5.91 Å². The van der Waals surface area contributed by atoms with Crippen LogP contribution in [0.25, 0.3) is 6.08 Å². The summed E-state index contributed by atoms with van der Waals surface area (Å²) < 4.78 is 0. The molecular formula is C24H18N2O3S. The molecule has 30 heavy (non-hydrogen) atoms. The number of hydrogen-bond donors (Lipinski definition) is 1. The molecule has 0 spiro atoms. The average molecular weight is 414 g/mol. The summed E-state index contributed by atoms with van der Waals surface area (Å²) in [5.41, 5.74) is 2.46. The molecule has 0 saturated carbocycles. The average Bonchev–Trinajstić information content (AvgIpc) is 3.02. The van der Waals surface area contributed by atoms with E-state index in [1.165, 1.54) is 22.7 Å². The Morgan fingerprint density at radius 3 is 2.23 bits per heavy atom. The normalized spacial score (nSPS) is 13.0. The first-order chi connectivity index (χ1) is 14.6. The molecule has 1 heterocycles. The Hall–Kier alpha value is -3.64. The molecule has 3 aromatic carbocycles. The van der Waals surface area contributed by atoms with E-state index in [1.807, 2.05) is 48.5 Å². The largest absolute Gasteiger partial charge is 0.322 e. The summed E-state index contributed by atoms with van der Waals surface area (Å²) in [6.07, 6.45) is 3.23. The molecule has 1 aliphatic heterocycles. The van der Waals surface area contributed by atoms with E-state index < -0.39 is 0 Å². The van der Waals surface area contributed by atoms with Gasteiger partial charge in [0.25, 0.3) is 11.8 Å². The second kappa shape index (κ2) is 8.80. The van der Waals surface area contributed by atoms with Crippen LogP contribution in [0.1, 0.15) is 26.3 Å². The van der Waals surface area contributed by atoms with Gasteiger partial charge in [0.1, 0.15) is 0 Å². The molecule has 1 N–H and O–H groups in total. The number of nitrogens with zero attached hydrogens (tertiary/aromatic N) is 1. The maximum Gasteiger partial charge on any atom is 0.262 e. The molecule has 4 rings (SSSR count). The fourth-order valence-corrected chi connectivity index (χ4v) is 3.98. The number of fused-ring (bicyclic) bond motifs is 1. The molecule has 0 radical (unpaired) electrons. The zero-order valence-corrected chi connectivity index (χ0v) is 16.8. The molecule has 0 bridgehead atoms. The molecule has 0 unspecified atom stereocenters. The lowest BCUT2D eigenvalue weighted by Gasteiger charge is -2.13. The van der Waals surface area contributed by atoms with Gasteiger partial charge in [-0.05, 0) is 42.0 Å². The number of anilines is 1. The van der Waals surface area contributed by atoms with Gasteiger partial charge in [-0.1, -0.05) is 48.5 Å². The first-order valence-electron chi connectivity index (χ1n) is 9.34. The predicted molar refractivity (Wildman–Crippen MR) is 118 cm³/mol. The second-order valence-electron chi connectivity index (χ2n) is 6.62. The van der Waals surface area contributed by atoms with E-state index >= 15 is 0 Å². The Balaban J connectivity index is 1.37. The third-order valence-electron chi connectivity index (χ3n) is 4.57. The number of carbonyl (C=O) groups excluding carboxylic acids is 3. The summed E-state index contributed by atoms with van der Waals surface area (Å²) in [6.45, 7) is 0. The van der Waals surface area contributed by atoms with Gasteiger partial charge < -0.3 is 5.32 Å². The van der Waals surface area contributed by atoms with Gasteiger partial charge in [-0.3, -0.25) is 19.3 Å². The maximum absolute atomic E-state index is 12.5. The monoisotopic (exact) mass is 414 g/mol. The Morgan fingerprint density at radius 2 is 1.53 bits per heavy atom. The highest BCUT2D eigenvalue weighted by Gasteiger charge is 2.34. The molecule has 1 aliphatic rings. The third kappa shape index (κ3) is 4.34. The zero-order valence-electron chi connectivity index (χ0n) is 15.9. The number of imide groups is 1. The van der Waals surface area contributed by atoms with Crippen LogP contribution in [0.4, 0.5) is 5.69 Å². The molecule has 6 heteroatoms. The molecule has 0 saturated heterocycles. The fraction of sp³-hybridized carbons (Fsp3) is 0.0417. The number of rotatable bonds is 6. The summed E-state index contributed by atoms with van der Waals surface area (Å²) in [5, 5.41) is 2.83. The van der Waals surface area contributed by atoms with Crippen LogP contribution < -0.4 is 5.32 Å². The minimum atomic E-state index is -0.279. The van der Waals surface area contributed by atoms with Crippen molar-refractivity contribution in [3.63, 3.8) is 0 Å². The SMILES string of the molecule is O=C(/C=C/c1ccccc1)Nc1cccc(SCN2C(=O)c3ccccc3C2=O)c1. The van der Waals surface area contributed by atoms with Crippen molar-refractivity contribution in [1.82, 2.24) is 4.90 Å². The Kier molecular flexibility index (Phi) is 5.77. The minimum Gasteiger partial charge on any atom is -0.322 e. The highest BCUT2D eigenvalue weighted by molar-refractivity contribution is 7.99. The van der Waals surface area contributed by atoms with E-state index in [0.717, 1.165) is 10.5 Å². The van der Waals surface area contributed by atoms with Crippen molar-refractivity contribution in [2.75, 3.05) is 11.2 Å². The molecule has 0 atom stereocenters. The van der Waals surface area contributed by atoms with Gasteiger partial charge in [0.05, 0.1) is 17.0 Å². The summed E-state index contributed by atoms with van der Waals surface area (Å²) in [4.78, 5) is 39.2. The molecule has 3 aromatic rings. The number of benzene rings is 3. The van der Waals surface area contributed by atoms with E-state index in [0.29, 0.717) is 16.8 Å². The van der Waals surface area contributed by atoms with Crippen LogP contribution in [0.2, 0.25) is 0 Å². The lowest BCUT2D eigenvalue weighted by atomic mass is 10.1. The number of nitrogens with one attached hydrogen (secondary N) is 1. The Labute approximate surface area is 178 Å². The molecule has 0 aliphatic carbocycles. The van der Waals surface area contributed by atoms with Gasteiger partial charge in [0.15, 0.2) is 0 Å². The Bertz CT molecular complexity index is 1110. The van der Waals surface area contributed by atoms with Crippen LogP contribution >= 0.6 is 11.8 Å². The van der Waals surface area contributed by atoms with E-state index in [1.54, 1.807) is 36.4 Å². The first kappa shape index (κ1) is 19.7. The van der Waals surface area contributed by atoms with E-state index in [4.69, 9.17) is 0 Å². The van der Waals surface area contributed by atoms with Crippen molar-refractivity contribution < 1.29 is 14.4 Å². The van der Waals surface area contributed by atoms with Crippen molar-refractivity contribution in [3.8, 4) is 0 Å². The van der Waals surface area contributed by atoms with Crippen LogP contribution in [0, 0.1) is 0 Å². The van der Waals surface area contributed by atoms with Crippen LogP contribution in [-0.2, 0) is 4.79 Å². The van der Waals surface area contributed by atoms with Crippen molar-refractivity contribution >= 4 is 41.2 Å². The van der Waals surface area contributed by atoms with Gasteiger partial charge >= 0.3 is 0 Å². The van der Waals surface area contributed by atoms with Crippen molar-refractivity contribution in [2.24, 2.45) is 0 Å². The highest BCUT2D eigenvalue weighted by Crippen LogP contribution is 2.28. The molecule has 5 nitrogen and oxygen atoms in total. The number of carbonyl (C=O) groups is 3. The summed E-state index contributed by atoms with van der Waals surface area (Å²) in [5.74, 6) is -0.587. The first-order valence-corrected chi connectivity index (χ1v) is 10.3.